The van der Waals surface area contributed by atoms with Crippen LogP contribution in [0.5, 0.6) is 0 Å². The van der Waals surface area contributed by atoms with Crippen LogP contribution in [0.1, 0.15) is 12.8 Å². The Hall–Kier alpha value is -0.290. The molecule has 0 spiro atoms. The van der Waals surface area contributed by atoms with E-state index >= 15 is 0 Å². The van der Waals surface area contributed by atoms with Gasteiger partial charge in [-0.25, -0.2) is 0 Å². The third-order valence-electron chi connectivity index (χ3n) is 2.90. The van der Waals surface area contributed by atoms with Crippen LogP contribution in [0, 0.1) is 9.49 Å². The second-order valence-electron chi connectivity index (χ2n) is 4.08. The van der Waals surface area contributed by atoms with E-state index in [1.807, 2.05) is 0 Å². The molecule has 82 valence electrons. The zero-order valence-corrected chi connectivity index (χ0v) is 11.0. The minimum atomic E-state index is 0.838. The van der Waals surface area contributed by atoms with Crippen molar-refractivity contribution in [2.45, 2.75) is 12.8 Å². The van der Waals surface area contributed by atoms with E-state index in [-0.39, 0.29) is 0 Å². The van der Waals surface area contributed by atoms with Gasteiger partial charge in [-0.05, 0) is 78.7 Å². The number of benzene rings is 1. The van der Waals surface area contributed by atoms with E-state index < -0.39 is 0 Å². The standard InChI is InChI=1S/C12H17IN2/c13-11-1-3-12(4-2-11)15-9-10-5-7-14-8-6-10/h1-4,10,14-15H,5-9H2. The lowest BCUT2D eigenvalue weighted by Gasteiger charge is -2.23. The normalized spacial score (nSPS) is 17.7. The van der Waals surface area contributed by atoms with Crippen molar-refractivity contribution in [3.8, 4) is 0 Å². The van der Waals surface area contributed by atoms with Crippen LogP contribution in [0.3, 0.4) is 0 Å². The van der Waals surface area contributed by atoms with Gasteiger partial charge < -0.3 is 10.6 Å². The molecule has 0 aliphatic carbocycles. The maximum Gasteiger partial charge on any atom is 0.0340 e. The highest BCUT2D eigenvalue weighted by molar-refractivity contribution is 14.1. The third kappa shape index (κ3) is 3.65. The highest BCUT2D eigenvalue weighted by Crippen LogP contribution is 2.15. The number of piperidine rings is 1. The Morgan fingerprint density at radius 2 is 1.87 bits per heavy atom. The summed E-state index contributed by atoms with van der Waals surface area (Å²) in [6, 6.07) is 8.60. The Morgan fingerprint density at radius 3 is 2.53 bits per heavy atom. The van der Waals surface area contributed by atoms with Crippen LogP contribution in [0.15, 0.2) is 24.3 Å². The molecule has 1 heterocycles. The van der Waals surface area contributed by atoms with Crippen LogP contribution >= 0.6 is 22.6 Å². The quantitative estimate of drug-likeness (QED) is 0.838. The lowest BCUT2D eigenvalue weighted by molar-refractivity contribution is 0.390. The van der Waals surface area contributed by atoms with E-state index in [0.717, 1.165) is 12.5 Å². The molecule has 2 nitrogen and oxygen atoms in total. The summed E-state index contributed by atoms with van der Waals surface area (Å²) in [5.41, 5.74) is 1.24. The molecule has 0 saturated carbocycles. The van der Waals surface area contributed by atoms with E-state index in [0.29, 0.717) is 0 Å². The van der Waals surface area contributed by atoms with Gasteiger partial charge >= 0.3 is 0 Å². The Balaban J connectivity index is 1.79. The van der Waals surface area contributed by atoms with Gasteiger partial charge in [-0.3, -0.25) is 0 Å². The second kappa shape index (κ2) is 5.70. The number of nitrogens with one attached hydrogen (secondary N) is 2. The van der Waals surface area contributed by atoms with E-state index in [9.17, 15) is 0 Å². The van der Waals surface area contributed by atoms with Gasteiger partial charge in [0, 0.05) is 15.8 Å². The summed E-state index contributed by atoms with van der Waals surface area (Å²) in [5, 5.41) is 6.90. The Labute approximate surface area is 105 Å². The van der Waals surface area contributed by atoms with E-state index in [2.05, 4.69) is 57.5 Å². The predicted octanol–water partition coefficient (Wildman–Crippen LogP) is 2.70. The second-order valence-corrected chi connectivity index (χ2v) is 5.33. The highest BCUT2D eigenvalue weighted by atomic mass is 127. The van der Waals surface area contributed by atoms with Gasteiger partial charge in [-0.15, -0.1) is 0 Å². The van der Waals surface area contributed by atoms with Crippen molar-refractivity contribution >= 4 is 28.3 Å². The van der Waals surface area contributed by atoms with E-state index in [4.69, 9.17) is 0 Å². The summed E-state index contributed by atoms with van der Waals surface area (Å²) >= 11 is 2.33. The molecule has 0 unspecified atom stereocenters. The molecule has 0 aromatic heterocycles. The largest absolute Gasteiger partial charge is 0.385 e. The topological polar surface area (TPSA) is 24.1 Å². The average Bonchev–Trinajstić information content (AvgIpc) is 2.30. The third-order valence-corrected chi connectivity index (χ3v) is 3.62. The Bertz CT molecular complexity index is 291. The minimum absolute atomic E-state index is 0.838. The zero-order chi connectivity index (χ0) is 10.5. The zero-order valence-electron chi connectivity index (χ0n) is 8.80. The van der Waals surface area contributed by atoms with E-state index in [1.54, 1.807) is 0 Å². The van der Waals surface area contributed by atoms with Crippen molar-refractivity contribution in [1.82, 2.24) is 5.32 Å². The summed E-state index contributed by atoms with van der Waals surface area (Å²) in [6.07, 6.45) is 2.61. The summed E-state index contributed by atoms with van der Waals surface area (Å²) in [6.45, 7) is 3.47. The van der Waals surface area contributed by atoms with Crippen LogP contribution in [0.25, 0.3) is 0 Å². The number of halogens is 1. The number of hydrogen-bond donors (Lipinski definition) is 2. The van der Waals surface area contributed by atoms with Gasteiger partial charge in [0.05, 0.1) is 0 Å². The summed E-state index contributed by atoms with van der Waals surface area (Å²) in [5.74, 6) is 0.838. The van der Waals surface area contributed by atoms with Crippen molar-refractivity contribution in [3.63, 3.8) is 0 Å². The number of hydrogen-bond acceptors (Lipinski definition) is 2. The molecular weight excluding hydrogens is 299 g/mol. The molecule has 1 aliphatic heterocycles. The molecule has 2 N–H and O–H groups in total. The van der Waals surface area contributed by atoms with Gasteiger partial charge in [-0.1, -0.05) is 0 Å². The maximum absolute atomic E-state index is 3.51. The van der Waals surface area contributed by atoms with Gasteiger partial charge in [0.25, 0.3) is 0 Å². The molecule has 0 radical (unpaired) electrons. The summed E-state index contributed by atoms with van der Waals surface area (Å²) < 4.78 is 1.29. The van der Waals surface area contributed by atoms with Crippen LogP contribution in [0.2, 0.25) is 0 Å². The van der Waals surface area contributed by atoms with Crippen molar-refractivity contribution in [1.29, 1.82) is 0 Å². The molecule has 15 heavy (non-hydrogen) atoms. The first-order valence-electron chi connectivity index (χ1n) is 5.55. The molecule has 1 aliphatic rings. The molecule has 1 aromatic carbocycles. The molecule has 0 amide bonds. The molecule has 2 rings (SSSR count). The molecule has 3 heteroatoms. The van der Waals surface area contributed by atoms with Crippen LogP contribution < -0.4 is 10.6 Å². The SMILES string of the molecule is Ic1ccc(NCC2CCNCC2)cc1. The van der Waals surface area contributed by atoms with Crippen molar-refractivity contribution < 1.29 is 0 Å². The predicted molar refractivity (Wildman–Crippen MR) is 73.2 cm³/mol. The van der Waals surface area contributed by atoms with Crippen LogP contribution in [0.4, 0.5) is 5.69 Å². The van der Waals surface area contributed by atoms with Crippen molar-refractivity contribution in [2.75, 3.05) is 25.0 Å². The first kappa shape index (κ1) is 11.2. The van der Waals surface area contributed by atoms with Crippen molar-refractivity contribution in [3.05, 3.63) is 27.8 Å². The van der Waals surface area contributed by atoms with Crippen molar-refractivity contribution in [2.24, 2.45) is 5.92 Å². The molecule has 0 bridgehead atoms. The Morgan fingerprint density at radius 1 is 1.20 bits per heavy atom. The van der Waals surface area contributed by atoms with Gasteiger partial charge in [0.2, 0.25) is 0 Å². The van der Waals surface area contributed by atoms with Crippen LogP contribution in [-0.2, 0) is 0 Å². The first-order chi connectivity index (χ1) is 7.34. The average molecular weight is 316 g/mol. The molecule has 1 saturated heterocycles. The lowest BCUT2D eigenvalue weighted by Crippen LogP contribution is -2.31. The minimum Gasteiger partial charge on any atom is -0.385 e. The maximum atomic E-state index is 3.51. The lowest BCUT2D eigenvalue weighted by atomic mass is 9.98. The number of anilines is 1. The smallest absolute Gasteiger partial charge is 0.0340 e. The fraction of sp³-hybridized carbons (Fsp3) is 0.500. The fourth-order valence-electron chi connectivity index (χ4n) is 1.92. The van der Waals surface area contributed by atoms with Crippen LogP contribution in [-0.4, -0.2) is 19.6 Å². The van der Waals surface area contributed by atoms with E-state index in [1.165, 1.54) is 35.2 Å². The van der Waals surface area contributed by atoms with Gasteiger partial charge in [0.15, 0.2) is 0 Å². The molecule has 1 aromatic rings. The fourth-order valence-corrected chi connectivity index (χ4v) is 2.28. The Kier molecular flexibility index (Phi) is 4.26. The van der Waals surface area contributed by atoms with Gasteiger partial charge in [-0.2, -0.15) is 0 Å². The van der Waals surface area contributed by atoms with Gasteiger partial charge in [0.1, 0.15) is 0 Å². The summed E-state index contributed by atoms with van der Waals surface area (Å²) in [4.78, 5) is 0. The monoisotopic (exact) mass is 316 g/mol. The molecule has 1 fully saturated rings. The molecule has 0 atom stereocenters. The highest BCUT2D eigenvalue weighted by Gasteiger charge is 2.11. The first-order valence-corrected chi connectivity index (χ1v) is 6.62. The number of rotatable bonds is 3. The molecular formula is C12H17IN2. The summed E-state index contributed by atoms with van der Waals surface area (Å²) in [7, 11) is 0.